The Kier molecular flexibility index (Phi) is 5.94. The van der Waals surface area contributed by atoms with Crippen molar-refractivity contribution in [3.63, 3.8) is 0 Å². The van der Waals surface area contributed by atoms with Crippen LogP contribution in [0.1, 0.15) is 57.8 Å². The number of unbranched alkanes of at least 4 members (excludes halogenated alkanes) is 3. The smallest absolute Gasteiger partial charge is 0.190 e. The number of hydrogen-bond donors (Lipinski definition) is 2. The highest BCUT2D eigenvalue weighted by Gasteiger charge is 2.36. The molecule has 0 bridgehead atoms. The Morgan fingerprint density at radius 2 is 2.00 bits per heavy atom. The highest BCUT2D eigenvalue weighted by molar-refractivity contribution is 6.00. The summed E-state index contributed by atoms with van der Waals surface area (Å²) in [6.07, 6.45) is 4.77. The number of allylic oxidation sites excluding steroid dienone is 1. The molecule has 0 saturated heterocycles. The van der Waals surface area contributed by atoms with Gasteiger partial charge < -0.3 is 14.9 Å². The van der Waals surface area contributed by atoms with E-state index in [2.05, 4.69) is 0 Å². The van der Waals surface area contributed by atoms with Crippen molar-refractivity contribution >= 4 is 11.6 Å². The van der Waals surface area contributed by atoms with Crippen LogP contribution in [0.4, 0.5) is 0 Å². The minimum atomic E-state index is -0.895. The van der Waals surface area contributed by atoms with Crippen molar-refractivity contribution in [2.75, 3.05) is 6.61 Å². The van der Waals surface area contributed by atoms with Gasteiger partial charge in [0, 0.05) is 37.9 Å². The largest absolute Gasteiger partial charge is 0.494 e. The number of Topliss-reactive ketones (excluding diaryl/α,β-unsaturated/α-hetero) is 2. The monoisotopic (exact) mass is 296 g/mol. The molecule has 2 N–H and O–H groups in total. The summed E-state index contributed by atoms with van der Waals surface area (Å²) in [6, 6.07) is 0. The number of carbonyl (C=O) groups is 2. The van der Waals surface area contributed by atoms with Gasteiger partial charge in [0.2, 0.25) is 0 Å². The van der Waals surface area contributed by atoms with Crippen molar-refractivity contribution in [3.05, 3.63) is 11.3 Å². The molecule has 1 aliphatic carbocycles. The van der Waals surface area contributed by atoms with Gasteiger partial charge in [0.15, 0.2) is 5.78 Å². The van der Waals surface area contributed by atoms with Crippen molar-refractivity contribution in [1.29, 1.82) is 0 Å². The zero-order valence-corrected chi connectivity index (χ0v) is 12.3. The summed E-state index contributed by atoms with van der Waals surface area (Å²) in [5.41, 5.74) is 0.592. The predicted octanol–water partition coefficient (Wildman–Crippen LogP) is 1.66. The fourth-order valence-electron chi connectivity index (χ4n) is 2.96. The number of hydrogen-bond acceptors (Lipinski definition) is 5. The molecule has 0 spiro atoms. The number of rotatable bonds is 8. The van der Waals surface area contributed by atoms with Crippen LogP contribution in [0.5, 0.6) is 0 Å². The van der Waals surface area contributed by atoms with E-state index in [0.29, 0.717) is 43.4 Å². The number of carbonyl (C=O) groups excluding carboxylic acids is 2. The summed E-state index contributed by atoms with van der Waals surface area (Å²) >= 11 is 0. The van der Waals surface area contributed by atoms with E-state index < -0.39 is 6.10 Å². The standard InChI is InChI=1S/C16H24O5/c17-8-4-2-1-3-5-11(18)9-12-10-13-15(21-12)7-6-14(19)16(13)20/h12,14,17,19H,1-10H2/t12-,14+/m1/s1. The topological polar surface area (TPSA) is 83.8 Å². The molecule has 2 aliphatic rings. The molecule has 5 nitrogen and oxygen atoms in total. The van der Waals surface area contributed by atoms with Crippen LogP contribution in [0.15, 0.2) is 11.3 Å². The van der Waals surface area contributed by atoms with E-state index in [9.17, 15) is 14.7 Å². The Bertz CT molecular complexity index is 426. The molecule has 2 atom stereocenters. The molecule has 0 aromatic rings. The minimum Gasteiger partial charge on any atom is -0.494 e. The predicted molar refractivity (Wildman–Crippen MR) is 76.6 cm³/mol. The van der Waals surface area contributed by atoms with Crippen LogP contribution in [0, 0.1) is 0 Å². The van der Waals surface area contributed by atoms with E-state index in [1.165, 1.54) is 0 Å². The second-order valence-corrected chi connectivity index (χ2v) is 5.90. The quantitative estimate of drug-likeness (QED) is 0.665. The Balaban J connectivity index is 1.69. The fourth-order valence-corrected chi connectivity index (χ4v) is 2.96. The molecule has 118 valence electrons. The van der Waals surface area contributed by atoms with E-state index in [1.807, 2.05) is 0 Å². The lowest BCUT2D eigenvalue weighted by Gasteiger charge is -2.16. The van der Waals surface area contributed by atoms with Crippen molar-refractivity contribution in [1.82, 2.24) is 0 Å². The van der Waals surface area contributed by atoms with Gasteiger partial charge in [0.05, 0.1) is 0 Å². The van der Waals surface area contributed by atoms with Crippen LogP contribution in [0.2, 0.25) is 0 Å². The third-order valence-electron chi connectivity index (χ3n) is 4.14. The van der Waals surface area contributed by atoms with Crippen molar-refractivity contribution in [3.8, 4) is 0 Å². The van der Waals surface area contributed by atoms with Gasteiger partial charge in [-0.25, -0.2) is 0 Å². The Morgan fingerprint density at radius 3 is 2.76 bits per heavy atom. The van der Waals surface area contributed by atoms with E-state index in [4.69, 9.17) is 9.84 Å². The van der Waals surface area contributed by atoms with Gasteiger partial charge in [-0.1, -0.05) is 12.8 Å². The molecule has 5 heteroatoms. The molecule has 0 radical (unpaired) electrons. The maximum absolute atomic E-state index is 11.9. The van der Waals surface area contributed by atoms with Crippen LogP contribution < -0.4 is 0 Å². The third-order valence-corrected chi connectivity index (χ3v) is 4.14. The first-order chi connectivity index (χ1) is 10.1. The number of ketones is 2. The van der Waals surface area contributed by atoms with E-state index in [1.54, 1.807) is 0 Å². The lowest BCUT2D eigenvalue weighted by molar-refractivity contribution is -0.124. The average Bonchev–Trinajstić information content (AvgIpc) is 2.86. The lowest BCUT2D eigenvalue weighted by Crippen LogP contribution is -2.26. The molecular weight excluding hydrogens is 272 g/mol. The molecule has 1 heterocycles. The van der Waals surface area contributed by atoms with E-state index in [0.717, 1.165) is 25.7 Å². The molecule has 0 fully saturated rings. The summed E-state index contributed by atoms with van der Waals surface area (Å²) in [5.74, 6) is 0.623. The molecular formula is C16H24O5. The molecule has 0 aromatic heterocycles. The van der Waals surface area contributed by atoms with Crippen molar-refractivity contribution in [2.45, 2.75) is 70.0 Å². The summed E-state index contributed by atoms with van der Waals surface area (Å²) < 4.78 is 5.69. The molecule has 0 saturated carbocycles. The normalized spacial score (nSPS) is 25.0. The van der Waals surface area contributed by atoms with E-state index >= 15 is 0 Å². The third kappa shape index (κ3) is 4.38. The first-order valence-electron chi connectivity index (χ1n) is 7.85. The summed E-state index contributed by atoms with van der Waals surface area (Å²) in [5, 5.41) is 18.2. The van der Waals surface area contributed by atoms with Gasteiger partial charge in [-0.2, -0.15) is 0 Å². The maximum atomic E-state index is 11.9. The number of aliphatic hydroxyl groups is 2. The highest BCUT2D eigenvalue weighted by atomic mass is 16.5. The molecule has 0 unspecified atom stereocenters. The van der Waals surface area contributed by atoms with Crippen LogP contribution in [-0.4, -0.2) is 40.6 Å². The Labute approximate surface area is 125 Å². The summed E-state index contributed by atoms with van der Waals surface area (Å²) in [4.78, 5) is 23.7. The minimum absolute atomic E-state index is 0.164. The van der Waals surface area contributed by atoms with Crippen LogP contribution in [0.25, 0.3) is 0 Å². The van der Waals surface area contributed by atoms with Crippen LogP contribution in [0.3, 0.4) is 0 Å². The van der Waals surface area contributed by atoms with Gasteiger partial charge in [-0.15, -0.1) is 0 Å². The second-order valence-electron chi connectivity index (χ2n) is 5.90. The molecule has 0 aromatic carbocycles. The first kappa shape index (κ1) is 16.2. The average molecular weight is 296 g/mol. The van der Waals surface area contributed by atoms with Gasteiger partial charge in [0.25, 0.3) is 0 Å². The van der Waals surface area contributed by atoms with Crippen LogP contribution in [-0.2, 0) is 14.3 Å². The van der Waals surface area contributed by atoms with Crippen molar-refractivity contribution in [2.24, 2.45) is 0 Å². The Morgan fingerprint density at radius 1 is 1.24 bits per heavy atom. The molecule has 2 rings (SSSR count). The lowest BCUT2D eigenvalue weighted by atomic mass is 9.91. The zero-order valence-electron chi connectivity index (χ0n) is 12.3. The summed E-state index contributed by atoms with van der Waals surface area (Å²) in [6.45, 7) is 0.209. The molecule has 21 heavy (non-hydrogen) atoms. The SMILES string of the molecule is O=C(CCCCCCO)C[C@@H]1CC2=C(CC[C@H](O)C2=O)O1. The van der Waals surface area contributed by atoms with Gasteiger partial charge in [0.1, 0.15) is 23.8 Å². The molecule has 0 amide bonds. The number of aliphatic hydroxyl groups excluding tert-OH is 2. The highest BCUT2D eigenvalue weighted by Crippen LogP contribution is 2.35. The zero-order chi connectivity index (χ0) is 15.2. The van der Waals surface area contributed by atoms with Crippen molar-refractivity contribution < 1.29 is 24.5 Å². The van der Waals surface area contributed by atoms with Gasteiger partial charge in [-0.3, -0.25) is 9.59 Å². The second kappa shape index (κ2) is 7.71. The number of ether oxygens (including phenoxy) is 1. The first-order valence-corrected chi connectivity index (χ1v) is 7.85. The molecule has 1 aliphatic heterocycles. The maximum Gasteiger partial charge on any atom is 0.190 e. The van der Waals surface area contributed by atoms with Gasteiger partial charge >= 0.3 is 0 Å². The van der Waals surface area contributed by atoms with E-state index in [-0.39, 0.29) is 24.3 Å². The van der Waals surface area contributed by atoms with Crippen LogP contribution >= 0.6 is 0 Å². The Hall–Kier alpha value is -1.20. The summed E-state index contributed by atoms with van der Waals surface area (Å²) in [7, 11) is 0. The fraction of sp³-hybridized carbons (Fsp3) is 0.750. The van der Waals surface area contributed by atoms with Gasteiger partial charge in [-0.05, 0) is 19.3 Å².